The van der Waals surface area contributed by atoms with Gasteiger partial charge in [0.2, 0.25) is 0 Å². The Morgan fingerprint density at radius 2 is 2.30 bits per heavy atom. The van der Waals surface area contributed by atoms with Crippen LogP contribution in [0, 0.1) is 17.1 Å². The molecule has 2 atom stereocenters. The van der Waals surface area contributed by atoms with Crippen molar-refractivity contribution in [2.45, 2.75) is 43.5 Å². The van der Waals surface area contributed by atoms with E-state index in [1.165, 1.54) is 18.9 Å². The third-order valence-corrected chi connectivity index (χ3v) is 5.25. The van der Waals surface area contributed by atoms with Crippen molar-refractivity contribution in [2.24, 2.45) is 4.99 Å². The van der Waals surface area contributed by atoms with E-state index in [0.717, 1.165) is 12.8 Å². The molecule has 1 aromatic rings. The van der Waals surface area contributed by atoms with Gasteiger partial charge in [0.05, 0.1) is 11.6 Å². The maximum atomic E-state index is 13.9. The van der Waals surface area contributed by atoms with Crippen LogP contribution in [0.25, 0.3) is 0 Å². The number of guanidine groups is 1. The van der Waals surface area contributed by atoms with Gasteiger partial charge in [-0.15, -0.1) is 0 Å². The van der Waals surface area contributed by atoms with Crippen molar-refractivity contribution in [3.63, 3.8) is 0 Å². The molecule has 6 heteroatoms. The molecule has 124 valence electrons. The second-order valence-corrected chi connectivity index (χ2v) is 6.85. The van der Waals surface area contributed by atoms with Gasteiger partial charge >= 0.3 is 0 Å². The average molecular weight is 334 g/mol. The molecule has 2 N–H and O–H groups in total. The monoisotopic (exact) mass is 334 g/mol. The summed E-state index contributed by atoms with van der Waals surface area (Å²) < 4.78 is 13.9. The first-order valence-corrected chi connectivity index (χ1v) is 9.13. The maximum absolute atomic E-state index is 13.9. The van der Waals surface area contributed by atoms with Crippen LogP contribution in [-0.4, -0.2) is 30.6 Å². The molecule has 0 aliphatic heterocycles. The minimum absolute atomic E-state index is 0.332. The van der Waals surface area contributed by atoms with E-state index >= 15 is 0 Å². The Labute approximate surface area is 141 Å². The lowest BCUT2D eigenvalue weighted by Gasteiger charge is -2.29. The molecule has 23 heavy (non-hydrogen) atoms. The number of benzene rings is 1. The summed E-state index contributed by atoms with van der Waals surface area (Å²) in [5.41, 5.74) is 0.858. The molecule has 1 aliphatic carbocycles. The molecular formula is C17H23FN4S. The highest BCUT2D eigenvalue weighted by Gasteiger charge is 2.21. The quantitative estimate of drug-likeness (QED) is 0.656. The van der Waals surface area contributed by atoms with Gasteiger partial charge in [0.1, 0.15) is 5.82 Å². The highest BCUT2D eigenvalue weighted by molar-refractivity contribution is 7.99. The number of halogens is 1. The minimum Gasteiger partial charge on any atom is -0.354 e. The van der Waals surface area contributed by atoms with Gasteiger partial charge in [0.15, 0.2) is 5.96 Å². The first-order valence-electron chi connectivity index (χ1n) is 7.84. The number of nitrogens with one attached hydrogen (secondary N) is 2. The molecule has 1 aromatic carbocycles. The molecular weight excluding hydrogens is 311 g/mol. The third-order valence-electron chi connectivity index (χ3n) is 4.15. The fourth-order valence-electron chi connectivity index (χ4n) is 2.82. The number of hydrogen-bond acceptors (Lipinski definition) is 3. The Morgan fingerprint density at radius 3 is 2.96 bits per heavy atom. The zero-order chi connectivity index (χ0) is 16.7. The van der Waals surface area contributed by atoms with E-state index < -0.39 is 0 Å². The van der Waals surface area contributed by atoms with Crippen molar-refractivity contribution in [1.29, 1.82) is 5.26 Å². The van der Waals surface area contributed by atoms with Crippen LogP contribution < -0.4 is 10.6 Å². The summed E-state index contributed by atoms with van der Waals surface area (Å²) in [5, 5.41) is 16.1. The van der Waals surface area contributed by atoms with Crippen LogP contribution in [-0.2, 0) is 6.54 Å². The zero-order valence-corrected chi connectivity index (χ0v) is 14.4. The second kappa shape index (κ2) is 8.78. The van der Waals surface area contributed by atoms with Crippen LogP contribution in [0.3, 0.4) is 0 Å². The van der Waals surface area contributed by atoms with Gasteiger partial charge in [-0.25, -0.2) is 4.39 Å². The number of nitriles is 1. The van der Waals surface area contributed by atoms with Crippen molar-refractivity contribution < 1.29 is 4.39 Å². The summed E-state index contributed by atoms with van der Waals surface area (Å²) in [7, 11) is 1.72. The molecule has 0 heterocycles. The molecule has 0 aromatic heterocycles. The predicted octanol–water partition coefficient (Wildman–Crippen LogP) is 3.04. The number of nitrogens with zero attached hydrogens (tertiary/aromatic N) is 2. The van der Waals surface area contributed by atoms with E-state index in [4.69, 9.17) is 5.26 Å². The Hall–Kier alpha value is -1.74. The van der Waals surface area contributed by atoms with Gasteiger partial charge < -0.3 is 10.6 Å². The van der Waals surface area contributed by atoms with E-state index in [0.29, 0.717) is 34.9 Å². The summed E-state index contributed by atoms with van der Waals surface area (Å²) in [6, 6.07) is 6.88. The minimum atomic E-state index is -0.368. The summed E-state index contributed by atoms with van der Waals surface area (Å²) >= 11 is 1.92. The molecule has 0 saturated heterocycles. The Morgan fingerprint density at radius 1 is 1.48 bits per heavy atom. The van der Waals surface area contributed by atoms with Crippen molar-refractivity contribution in [3.05, 3.63) is 35.1 Å². The molecule has 4 nitrogen and oxygen atoms in total. The summed E-state index contributed by atoms with van der Waals surface area (Å²) in [6.45, 7) is 0.343. The van der Waals surface area contributed by atoms with E-state index in [1.54, 1.807) is 19.2 Å². The van der Waals surface area contributed by atoms with Crippen LogP contribution in [0.2, 0.25) is 0 Å². The molecule has 1 aliphatic rings. The highest BCUT2D eigenvalue weighted by atomic mass is 32.2. The Bertz CT molecular complexity index is 597. The van der Waals surface area contributed by atoms with Crippen molar-refractivity contribution in [3.8, 4) is 6.07 Å². The summed E-state index contributed by atoms with van der Waals surface area (Å²) in [6.07, 6.45) is 6.94. The normalized spacial score (nSPS) is 21.6. The van der Waals surface area contributed by atoms with E-state index in [1.807, 2.05) is 17.8 Å². The van der Waals surface area contributed by atoms with Gasteiger partial charge in [-0.2, -0.15) is 17.0 Å². The second-order valence-electron chi connectivity index (χ2n) is 5.71. The maximum Gasteiger partial charge on any atom is 0.191 e. The first-order chi connectivity index (χ1) is 11.2. The third kappa shape index (κ3) is 5.14. The molecule has 0 radical (unpaired) electrons. The topological polar surface area (TPSA) is 60.2 Å². The van der Waals surface area contributed by atoms with Crippen LogP contribution in [0.5, 0.6) is 0 Å². The molecule has 1 saturated carbocycles. The predicted molar refractivity (Wildman–Crippen MR) is 94.0 cm³/mol. The lowest BCUT2D eigenvalue weighted by molar-refractivity contribution is 0.419. The van der Waals surface area contributed by atoms with Gasteiger partial charge in [-0.1, -0.05) is 12.5 Å². The SMILES string of the molecule is CN=C(NCc1ccc(C#N)cc1F)NC1CCCC(SC)C1. The highest BCUT2D eigenvalue weighted by Crippen LogP contribution is 2.26. The first kappa shape index (κ1) is 17.6. The average Bonchev–Trinajstić information content (AvgIpc) is 2.59. The van der Waals surface area contributed by atoms with Gasteiger partial charge in [-0.05, 0) is 37.7 Å². The van der Waals surface area contributed by atoms with Gasteiger partial charge in [0, 0.05) is 30.4 Å². The summed E-state index contributed by atoms with van der Waals surface area (Å²) in [5.74, 6) is 0.327. The standard InChI is InChI=1S/C17H23FN4S/c1-20-17(22-14-4-3-5-15(9-14)23-2)21-11-13-7-6-12(10-19)8-16(13)18/h6-8,14-15H,3-5,9,11H2,1-2H3,(H2,20,21,22). The summed E-state index contributed by atoms with van der Waals surface area (Å²) in [4.78, 5) is 4.22. The fourth-order valence-corrected chi connectivity index (χ4v) is 3.64. The number of aliphatic imine (C=N–C) groups is 1. The molecule has 0 amide bonds. The van der Waals surface area contributed by atoms with E-state index in [9.17, 15) is 4.39 Å². The van der Waals surface area contributed by atoms with Gasteiger partial charge in [-0.3, -0.25) is 4.99 Å². The lowest BCUT2D eigenvalue weighted by atomic mass is 9.95. The molecule has 0 spiro atoms. The number of hydrogen-bond donors (Lipinski definition) is 2. The number of thioether (sulfide) groups is 1. The van der Waals surface area contributed by atoms with E-state index in [-0.39, 0.29) is 5.82 Å². The van der Waals surface area contributed by atoms with Crippen LogP contribution >= 0.6 is 11.8 Å². The lowest BCUT2D eigenvalue weighted by Crippen LogP contribution is -2.45. The molecule has 0 bridgehead atoms. The van der Waals surface area contributed by atoms with Crippen molar-refractivity contribution >= 4 is 17.7 Å². The van der Waals surface area contributed by atoms with Crippen LogP contribution in [0.1, 0.15) is 36.8 Å². The Kier molecular flexibility index (Phi) is 6.72. The van der Waals surface area contributed by atoms with Gasteiger partial charge in [0.25, 0.3) is 0 Å². The van der Waals surface area contributed by atoms with Crippen molar-refractivity contribution in [1.82, 2.24) is 10.6 Å². The molecule has 2 rings (SSSR count). The van der Waals surface area contributed by atoms with Crippen LogP contribution in [0.4, 0.5) is 4.39 Å². The van der Waals surface area contributed by atoms with E-state index in [2.05, 4.69) is 21.9 Å². The fraction of sp³-hybridized carbons (Fsp3) is 0.529. The molecule has 2 unspecified atom stereocenters. The number of rotatable bonds is 4. The largest absolute Gasteiger partial charge is 0.354 e. The molecule has 1 fully saturated rings. The van der Waals surface area contributed by atoms with Crippen LogP contribution in [0.15, 0.2) is 23.2 Å². The van der Waals surface area contributed by atoms with Crippen molar-refractivity contribution in [2.75, 3.05) is 13.3 Å². The Balaban J connectivity index is 1.89. The zero-order valence-electron chi connectivity index (χ0n) is 13.6. The smallest absolute Gasteiger partial charge is 0.191 e.